The molecule has 1 aromatic heterocycles. The Balaban J connectivity index is 2.44. The van der Waals surface area contributed by atoms with Crippen molar-refractivity contribution < 1.29 is 36.7 Å². The van der Waals surface area contributed by atoms with Crippen molar-refractivity contribution in [1.82, 2.24) is 0 Å². The third-order valence-corrected chi connectivity index (χ3v) is 4.37. The van der Waals surface area contributed by atoms with Crippen LogP contribution in [0.15, 0.2) is 45.9 Å². The fourth-order valence-corrected chi connectivity index (χ4v) is 2.80. The van der Waals surface area contributed by atoms with E-state index in [1.807, 2.05) is 0 Å². The Morgan fingerprint density at radius 1 is 1.26 bits per heavy atom. The molecular weight excluding hydrogens is 379 g/mol. The Bertz CT molecular complexity index is 985. The van der Waals surface area contributed by atoms with Crippen LogP contribution in [0.4, 0.5) is 4.39 Å². The molecule has 0 aliphatic rings. The maximum Gasteiger partial charge on any atom is 0.379 e. The van der Waals surface area contributed by atoms with Crippen LogP contribution in [-0.4, -0.2) is 38.1 Å². The molecule has 0 saturated carbocycles. The molecular formula is C18H17FO7S. The van der Waals surface area contributed by atoms with Crippen molar-refractivity contribution in [3.63, 3.8) is 0 Å². The zero-order valence-electron chi connectivity index (χ0n) is 14.6. The van der Waals surface area contributed by atoms with Crippen LogP contribution in [0.2, 0.25) is 0 Å². The second-order valence-corrected chi connectivity index (χ2v) is 7.56. The molecule has 0 unspecified atom stereocenters. The lowest BCUT2D eigenvalue weighted by Gasteiger charge is -2.03. The topological polar surface area (TPSA) is 111 Å². The van der Waals surface area contributed by atoms with Gasteiger partial charge in [-0.1, -0.05) is 12.1 Å². The van der Waals surface area contributed by atoms with Gasteiger partial charge in [0.2, 0.25) is 14.9 Å². The summed E-state index contributed by atoms with van der Waals surface area (Å²) in [5.41, 5.74) is 0.857. The van der Waals surface area contributed by atoms with Crippen molar-refractivity contribution >= 4 is 27.3 Å². The van der Waals surface area contributed by atoms with Gasteiger partial charge < -0.3 is 14.3 Å². The van der Waals surface area contributed by atoms with Gasteiger partial charge in [0.1, 0.15) is 5.82 Å². The fraction of sp³-hybridized carbons (Fsp3) is 0.222. The number of esters is 1. The van der Waals surface area contributed by atoms with Crippen molar-refractivity contribution in [1.29, 1.82) is 0 Å². The normalized spacial score (nSPS) is 12.0. The molecule has 0 atom stereocenters. The Morgan fingerprint density at radius 2 is 1.89 bits per heavy atom. The van der Waals surface area contributed by atoms with E-state index >= 15 is 0 Å². The summed E-state index contributed by atoms with van der Waals surface area (Å²) in [7, 11) is -3.73. The van der Waals surface area contributed by atoms with E-state index in [-0.39, 0.29) is 24.4 Å². The molecule has 9 heteroatoms. The maximum atomic E-state index is 13.0. The summed E-state index contributed by atoms with van der Waals surface area (Å²) >= 11 is 0. The minimum Gasteiger partial charge on any atom is -0.504 e. The van der Waals surface area contributed by atoms with Gasteiger partial charge in [-0.05, 0) is 24.6 Å². The van der Waals surface area contributed by atoms with Crippen LogP contribution in [0.25, 0.3) is 5.76 Å². The molecule has 27 heavy (non-hydrogen) atoms. The number of ketones is 1. The van der Waals surface area contributed by atoms with Gasteiger partial charge in [0.05, 0.1) is 6.61 Å². The van der Waals surface area contributed by atoms with E-state index in [4.69, 9.17) is 4.42 Å². The van der Waals surface area contributed by atoms with E-state index in [0.29, 0.717) is 11.6 Å². The van der Waals surface area contributed by atoms with Gasteiger partial charge in [0.25, 0.3) is 5.78 Å². The Hall–Kier alpha value is -2.94. The summed E-state index contributed by atoms with van der Waals surface area (Å²) in [5, 5.41) is 9.76. The molecule has 7 nitrogen and oxygen atoms in total. The van der Waals surface area contributed by atoms with E-state index in [1.54, 1.807) is 0 Å². The molecule has 0 aliphatic heterocycles. The molecule has 1 heterocycles. The minimum atomic E-state index is -3.73. The van der Waals surface area contributed by atoms with Crippen molar-refractivity contribution in [3.05, 3.63) is 59.1 Å². The van der Waals surface area contributed by atoms with Gasteiger partial charge in [0, 0.05) is 30.4 Å². The number of sulfone groups is 1. The molecule has 1 aromatic carbocycles. The molecule has 0 aliphatic carbocycles. The second kappa shape index (κ2) is 8.17. The average Bonchev–Trinajstić information content (AvgIpc) is 3.01. The van der Waals surface area contributed by atoms with Crippen molar-refractivity contribution in [3.8, 4) is 0 Å². The van der Waals surface area contributed by atoms with Crippen LogP contribution < -0.4 is 0 Å². The summed E-state index contributed by atoms with van der Waals surface area (Å²) in [5.74, 6) is -3.73. The quantitative estimate of drug-likeness (QED) is 0.331. The SMILES string of the molecule is CCOC(=O)C(=O)C=C(O)c1oc(S(C)(=O)=O)cc1Cc1ccc(F)cc1. The van der Waals surface area contributed by atoms with Crippen molar-refractivity contribution in [2.45, 2.75) is 18.4 Å². The van der Waals surface area contributed by atoms with Crippen LogP contribution >= 0.6 is 0 Å². The van der Waals surface area contributed by atoms with E-state index in [9.17, 15) is 27.5 Å². The first kappa shape index (κ1) is 20.4. The molecule has 0 amide bonds. The largest absolute Gasteiger partial charge is 0.504 e. The number of hydrogen-bond acceptors (Lipinski definition) is 7. The first-order valence-corrected chi connectivity index (χ1v) is 9.70. The monoisotopic (exact) mass is 396 g/mol. The number of aliphatic hydroxyl groups excluding tert-OH is 1. The summed E-state index contributed by atoms with van der Waals surface area (Å²) < 4.78 is 46.3. The molecule has 0 spiro atoms. The molecule has 2 aromatic rings. The zero-order chi connectivity index (χ0) is 20.2. The highest BCUT2D eigenvalue weighted by Crippen LogP contribution is 2.27. The van der Waals surface area contributed by atoms with Crippen LogP contribution in [-0.2, 0) is 30.6 Å². The minimum absolute atomic E-state index is 0.0199. The van der Waals surface area contributed by atoms with Gasteiger partial charge in [0.15, 0.2) is 11.5 Å². The highest BCUT2D eigenvalue weighted by Gasteiger charge is 2.23. The Morgan fingerprint density at radius 3 is 2.44 bits per heavy atom. The standard InChI is InChI=1S/C18H17FO7S/c1-3-25-18(22)15(21)10-14(20)17-12(9-16(26-17)27(2,23)24)8-11-4-6-13(19)7-5-11/h4-7,9-10,20H,3,8H2,1-2H3. The summed E-state index contributed by atoms with van der Waals surface area (Å²) in [6.45, 7) is 1.49. The number of halogens is 1. The van der Waals surface area contributed by atoms with Gasteiger partial charge in [-0.15, -0.1) is 0 Å². The van der Waals surface area contributed by atoms with Gasteiger partial charge in [-0.2, -0.15) is 0 Å². The number of carbonyl (C=O) groups is 2. The zero-order valence-corrected chi connectivity index (χ0v) is 15.4. The van der Waals surface area contributed by atoms with E-state index in [0.717, 1.165) is 6.26 Å². The molecule has 0 bridgehead atoms. The van der Waals surface area contributed by atoms with Crippen LogP contribution in [0.5, 0.6) is 0 Å². The summed E-state index contributed by atoms with van der Waals surface area (Å²) in [6, 6.07) is 6.62. The molecule has 0 fully saturated rings. The third-order valence-electron chi connectivity index (χ3n) is 3.44. The lowest BCUT2D eigenvalue weighted by atomic mass is 10.0. The maximum absolute atomic E-state index is 13.0. The molecule has 1 N–H and O–H groups in total. The molecule has 2 rings (SSSR count). The lowest BCUT2D eigenvalue weighted by molar-refractivity contribution is -0.151. The summed E-state index contributed by atoms with van der Waals surface area (Å²) in [6.07, 6.45) is 1.61. The van der Waals surface area contributed by atoms with Gasteiger partial charge in [-0.25, -0.2) is 17.6 Å². The number of hydrogen-bond donors (Lipinski definition) is 1. The number of carbonyl (C=O) groups excluding carboxylic acids is 2. The third kappa shape index (κ3) is 5.27. The Kier molecular flexibility index (Phi) is 6.17. The van der Waals surface area contributed by atoms with Crippen LogP contribution in [0, 0.1) is 5.82 Å². The van der Waals surface area contributed by atoms with Crippen molar-refractivity contribution in [2.24, 2.45) is 0 Å². The smallest absolute Gasteiger partial charge is 0.379 e. The second-order valence-electron chi connectivity index (χ2n) is 5.61. The predicted octanol–water partition coefficient (Wildman–Crippen LogP) is 2.44. The van der Waals surface area contributed by atoms with Crippen LogP contribution in [0.1, 0.15) is 23.8 Å². The summed E-state index contributed by atoms with van der Waals surface area (Å²) in [4.78, 5) is 23.1. The molecule has 0 saturated heterocycles. The van der Waals surface area contributed by atoms with E-state index in [2.05, 4.69) is 4.74 Å². The van der Waals surface area contributed by atoms with Crippen molar-refractivity contribution in [2.75, 3.05) is 12.9 Å². The van der Waals surface area contributed by atoms with E-state index in [1.165, 1.54) is 37.3 Å². The average molecular weight is 396 g/mol. The van der Waals surface area contributed by atoms with Crippen LogP contribution in [0.3, 0.4) is 0 Å². The number of aliphatic hydroxyl groups is 1. The van der Waals surface area contributed by atoms with E-state index < -0.39 is 38.3 Å². The molecule has 144 valence electrons. The highest BCUT2D eigenvalue weighted by atomic mass is 32.2. The molecule has 0 radical (unpaired) electrons. The number of benzene rings is 1. The fourth-order valence-electron chi connectivity index (χ4n) is 2.21. The Labute approximate surface area is 155 Å². The lowest BCUT2D eigenvalue weighted by Crippen LogP contribution is -2.15. The first-order valence-electron chi connectivity index (χ1n) is 7.81. The number of rotatable bonds is 7. The highest BCUT2D eigenvalue weighted by molar-refractivity contribution is 7.90. The predicted molar refractivity (Wildman–Crippen MR) is 93.3 cm³/mol. The van der Waals surface area contributed by atoms with Gasteiger partial charge in [-0.3, -0.25) is 4.79 Å². The first-order chi connectivity index (χ1) is 12.6. The van der Waals surface area contributed by atoms with Gasteiger partial charge >= 0.3 is 5.97 Å². The number of furan rings is 1. The number of ether oxygens (including phenoxy) is 1.